The minimum Gasteiger partial charge on any atom is -0.497 e. The summed E-state index contributed by atoms with van der Waals surface area (Å²) in [5.41, 5.74) is 4.82. The third-order valence-electron chi connectivity index (χ3n) is 7.02. The van der Waals surface area contributed by atoms with Gasteiger partial charge >= 0.3 is 0 Å². The summed E-state index contributed by atoms with van der Waals surface area (Å²) in [4.78, 5) is 18.4. The molecule has 0 fully saturated rings. The first-order chi connectivity index (χ1) is 18.4. The number of ether oxygens (including phenoxy) is 1. The fourth-order valence-electron chi connectivity index (χ4n) is 4.81. The van der Waals surface area contributed by atoms with E-state index >= 15 is 0 Å². The summed E-state index contributed by atoms with van der Waals surface area (Å²) in [6.07, 6.45) is 2.41. The molecule has 3 aromatic heterocycles. The topological polar surface area (TPSA) is 102 Å². The lowest BCUT2D eigenvalue weighted by atomic mass is 10.0. The van der Waals surface area contributed by atoms with Gasteiger partial charge in [0.05, 0.1) is 32.5 Å². The van der Waals surface area contributed by atoms with Gasteiger partial charge in [-0.25, -0.2) is 4.68 Å². The Labute approximate surface area is 221 Å². The number of fused-ring (bicyclic) bond motifs is 1. The van der Waals surface area contributed by atoms with Crippen LogP contribution in [-0.2, 0) is 19.6 Å². The van der Waals surface area contributed by atoms with Crippen molar-refractivity contribution in [2.24, 2.45) is 0 Å². The second-order valence-electron chi connectivity index (χ2n) is 9.60. The third-order valence-corrected chi connectivity index (χ3v) is 7.02. The van der Waals surface area contributed by atoms with Gasteiger partial charge in [-0.05, 0) is 95.2 Å². The maximum absolute atomic E-state index is 13.2. The normalized spacial score (nSPS) is 12.3. The van der Waals surface area contributed by atoms with Crippen LogP contribution in [0.4, 0.5) is 0 Å². The Bertz CT molecular complexity index is 1570. The number of aryl methyl sites for hydroxylation is 2. The smallest absolute Gasteiger partial charge is 0.252 e. The number of aromatic amines is 1. The Hall–Kier alpha value is -4.24. The van der Waals surface area contributed by atoms with Gasteiger partial charge in [-0.2, -0.15) is 0 Å². The van der Waals surface area contributed by atoms with Crippen LogP contribution in [0.5, 0.6) is 5.75 Å². The van der Waals surface area contributed by atoms with Crippen LogP contribution in [0.1, 0.15) is 53.2 Å². The van der Waals surface area contributed by atoms with Crippen LogP contribution in [0.3, 0.4) is 0 Å². The zero-order chi connectivity index (χ0) is 26.6. The SMILES string of the molecule is CC[C@@H](c1nnnn1Cc1ccc(OC)cc1)N(Cc1ccco1)Cc1cc2cc(C)c(C)cc2[nH]c1=O. The maximum Gasteiger partial charge on any atom is 0.252 e. The molecule has 9 nitrogen and oxygen atoms in total. The molecule has 38 heavy (non-hydrogen) atoms. The van der Waals surface area contributed by atoms with E-state index in [4.69, 9.17) is 9.15 Å². The number of pyridine rings is 1. The Morgan fingerprint density at radius 3 is 2.58 bits per heavy atom. The van der Waals surface area contributed by atoms with E-state index < -0.39 is 0 Å². The number of H-pyrrole nitrogens is 1. The molecule has 3 heterocycles. The molecule has 0 spiro atoms. The molecule has 0 aliphatic heterocycles. The minimum absolute atomic E-state index is 0.0992. The van der Waals surface area contributed by atoms with Crippen LogP contribution < -0.4 is 10.3 Å². The molecule has 0 aliphatic carbocycles. The summed E-state index contributed by atoms with van der Waals surface area (Å²) in [5, 5.41) is 13.7. The van der Waals surface area contributed by atoms with E-state index in [1.54, 1.807) is 13.4 Å². The molecule has 0 aliphatic rings. The average molecular weight is 513 g/mol. The van der Waals surface area contributed by atoms with Crippen molar-refractivity contribution in [3.8, 4) is 5.75 Å². The summed E-state index contributed by atoms with van der Waals surface area (Å²) in [6.45, 7) is 7.67. The number of tetrazole rings is 1. The summed E-state index contributed by atoms with van der Waals surface area (Å²) in [7, 11) is 1.65. The number of benzene rings is 2. The van der Waals surface area contributed by atoms with Crippen molar-refractivity contribution in [2.45, 2.75) is 52.9 Å². The molecule has 0 saturated heterocycles. The molecule has 0 bridgehead atoms. The van der Waals surface area contributed by atoms with Crippen LogP contribution in [0.2, 0.25) is 0 Å². The second kappa shape index (κ2) is 11.0. The van der Waals surface area contributed by atoms with Crippen molar-refractivity contribution in [1.29, 1.82) is 0 Å². The lowest BCUT2D eigenvalue weighted by Gasteiger charge is -2.29. The van der Waals surface area contributed by atoms with Gasteiger partial charge in [0.2, 0.25) is 0 Å². The highest BCUT2D eigenvalue weighted by molar-refractivity contribution is 5.80. The summed E-state index contributed by atoms with van der Waals surface area (Å²) < 4.78 is 12.8. The van der Waals surface area contributed by atoms with E-state index in [2.05, 4.69) is 45.3 Å². The van der Waals surface area contributed by atoms with Gasteiger partial charge in [-0.15, -0.1) is 5.10 Å². The van der Waals surface area contributed by atoms with Crippen LogP contribution in [0.15, 0.2) is 70.1 Å². The highest BCUT2D eigenvalue weighted by Gasteiger charge is 2.27. The van der Waals surface area contributed by atoms with Crippen molar-refractivity contribution in [3.05, 3.63) is 105 Å². The summed E-state index contributed by atoms with van der Waals surface area (Å²) in [5.74, 6) is 2.34. The molecule has 1 atom stereocenters. The van der Waals surface area contributed by atoms with Gasteiger partial charge in [0.1, 0.15) is 11.5 Å². The first kappa shape index (κ1) is 25.4. The second-order valence-corrected chi connectivity index (χ2v) is 9.60. The van der Waals surface area contributed by atoms with Crippen molar-refractivity contribution in [3.63, 3.8) is 0 Å². The van der Waals surface area contributed by atoms with Crippen molar-refractivity contribution in [2.75, 3.05) is 7.11 Å². The molecule has 5 rings (SSSR count). The molecular weight excluding hydrogens is 480 g/mol. The molecule has 9 heteroatoms. The molecule has 5 aromatic rings. The standard InChI is InChI=1S/C29H32N6O3/c1-5-27(28-31-32-33-35(28)16-21-8-10-24(37-4)11-9-21)34(18-25-7-6-12-38-25)17-23-15-22-13-19(2)20(3)14-26(22)30-29(23)36/h6-15,27H,5,16-18H2,1-4H3,(H,30,36)/t27-/m0/s1. The molecule has 0 radical (unpaired) electrons. The zero-order valence-electron chi connectivity index (χ0n) is 22.1. The minimum atomic E-state index is -0.150. The van der Waals surface area contributed by atoms with E-state index in [0.29, 0.717) is 25.2 Å². The first-order valence-electron chi connectivity index (χ1n) is 12.7. The highest BCUT2D eigenvalue weighted by atomic mass is 16.5. The van der Waals surface area contributed by atoms with Gasteiger partial charge in [0.15, 0.2) is 5.82 Å². The van der Waals surface area contributed by atoms with Crippen molar-refractivity contribution in [1.82, 2.24) is 30.1 Å². The van der Waals surface area contributed by atoms with Crippen LogP contribution in [0, 0.1) is 13.8 Å². The Kier molecular flexibility index (Phi) is 7.37. The quantitative estimate of drug-likeness (QED) is 0.283. The number of nitrogens with zero attached hydrogens (tertiary/aromatic N) is 5. The maximum atomic E-state index is 13.2. The number of aromatic nitrogens is 5. The third kappa shape index (κ3) is 5.38. The van der Waals surface area contributed by atoms with Crippen LogP contribution in [0.25, 0.3) is 10.9 Å². The van der Waals surface area contributed by atoms with Crippen LogP contribution >= 0.6 is 0 Å². The van der Waals surface area contributed by atoms with Crippen molar-refractivity contribution >= 4 is 10.9 Å². The van der Waals surface area contributed by atoms with Gasteiger partial charge in [-0.3, -0.25) is 9.69 Å². The fraction of sp³-hybridized carbons (Fsp3) is 0.310. The van der Waals surface area contributed by atoms with E-state index in [-0.39, 0.29) is 11.6 Å². The van der Waals surface area contributed by atoms with Gasteiger partial charge in [-0.1, -0.05) is 19.1 Å². The van der Waals surface area contributed by atoms with E-state index in [1.807, 2.05) is 60.1 Å². The number of nitrogens with one attached hydrogen (secondary N) is 1. The largest absolute Gasteiger partial charge is 0.497 e. The van der Waals surface area contributed by atoms with E-state index in [9.17, 15) is 4.79 Å². The number of hydrogen-bond donors (Lipinski definition) is 1. The molecule has 0 saturated carbocycles. The molecule has 0 unspecified atom stereocenters. The van der Waals surface area contributed by atoms with Gasteiger partial charge in [0.25, 0.3) is 5.56 Å². The molecule has 0 amide bonds. The Balaban J connectivity index is 1.49. The molecule has 196 valence electrons. The predicted octanol–water partition coefficient (Wildman–Crippen LogP) is 4.93. The number of furan rings is 1. The van der Waals surface area contributed by atoms with Gasteiger partial charge < -0.3 is 14.1 Å². The zero-order valence-corrected chi connectivity index (χ0v) is 22.1. The Morgan fingerprint density at radius 1 is 1.08 bits per heavy atom. The van der Waals surface area contributed by atoms with Gasteiger partial charge in [0, 0.05) is 17.6 Å². The van der Waals surface area contributed by atoms with E-state index in [1.165, 1.54) is 5.56 Å². The number of methoxy groups -OCH3 is 1. The lowest BCUT2D eigenvalue weighted by Crippen LogP contribution is -2.32. The predicted molar refractivity (Wildman–Crippen MR) is 145 cm³/mol. The summed E-state index contributed by atoms with van der Waals surface area (Å²) >= 11 is 0. The fourth-order valence-corrected chi connectivity index (χ4v) is 4.81. The molecule has 2 aromatic carbocycles. The monoisotopic (exact) mass is 512 g/mol. The Morgan fingerprint density at radius 2 is 1.87 bits per heavy atom. The highest BCUT2D eigenvalue weighted by Crippen LogP contribution is 2.27. The number of hydrogen-bond acceptors (Lipinski definition) is 7. The van der Waals surface area contributed by atoms with Crippen LogP contribution in [-0.4, -0.2) is 37.2 Å². The number of rotatable bonds is 10. The first-order valence-corrected chi connectivity index (χ1v) is 12.7. The summed E-state index contributed by atoms with van der Waals surface area (Å²) in [6, 6.07) is 17.7. The molecule has 1 N–H and O–H groups in total. The molecular formula is C29H32N6O3. The van der Waals surface area contributed by atoms with Crippen molar-refractivity contribution < 1.29 is 9.15 Å². The average Bonchev–Trinajstić information content (AvgIpc) is 3.59. The lowest BCUT2D eigenvalue weighted by molar-refractivity contribution is 0.149. The van der Waals surface area contributed by atoms with E-state index in [0.717, 1.165) is 45.8 Å².